The Kier molecular flexibility index (Phi) is 7.21. The zero-order valence-electron chi connectivity index (χ0n) is 12.8. The maximum Gasteiger partial charge on any atom is 0.224 e. The predicted octanol–water partition coefficient (Wildman–Crippen LogP) is 3.73. The molecule has 2 N–H and O–H groups in total. The summed E-state index contributed by atoms with van der Waals surface area (Å²) in [6.07, 6.45) is 2.07. The van der Waals surface area contributed by atoms with Crippen LogP contribution in [0.15, 0.2) is 27.7 Å². The zero-order valence-corrected chi connectivity index (χ0v) is 15.1. The van der Waals surface area contributed by atoms with E-state index in [2.05, 4.69) is 10.6 Å². The fourth-order valence-corrected chi connectivity index (χ4v) is 2.40. The molecule has 0 atom stereocenters. The first-order chi connectivity index (χ1) is 11.5. The number of carbonyl (C=O) groups is 2. The van der Waals surface area contributed by atoms with E-state index >= 15 is 0 Å². The van der Waals surface area contributed by atoms with Crippen LogP contribution in [-0.2, 0) is 16.0 Å². The molecule has 0 radical (unpaired) electrons. The monoisotopic (exact) mass is 390 g/mol. The molecule has 2 rings (SSSR count). The lowest BCUT2D eigenvalue weighted by molar-refractivity contribution is -0.121. The Morgan fingerprint density at radius 1 is 1.25 bits per heavy atom. The van der Waals surface area contributed by atoms with Crippen LogP contribution in [0.2, 0.25) is 0 Å². The molecule has 2 amide bonds. The van der Waals surface area contributed by atoms with Crippen molar-refractivity contribution in [3.8, 4) is 5.75 Å². The van der Waals surface area contributed by atoms with E-state index in [0.717, 1.165) is 17.0 Å². The van der Waals surface area contributed by atoms with Crippen molar-refractivity contribution >= 4 is 52.3 Å². The van der Waals surface area contributed by atoms with Crippen LogP contribution in [0.3, 0.4) is 0 Å². The van der Waals surface area contributed by atoms with Crippen molar-refractivity contribution in [1.29, 1.82) is 0 Å². The van der Waals surface area contributed by atoms with Crippen LogP contribution in [0, 0.1) is 0 Å². The van der Waals surface area contributed by atoms with Gasteiger partial charge in [-0.25, -0.2) is 0 Å². The van der Waals surface area contributed by atoms with E-state index in [9.17, 15) is 9.59 Å². The largest absolute Gasteiger partial charge is 0.494 e. The smallest absolute Gasteiger partial charge is 0.224 e. The Balaban J connectivity index is 1.70. The number of rotatable bonds is 7. The second kappa shape index (κ2) is 9.16. The van der Waals surface area contributed by atoms with E-state index in [-0.39, 0.29) is 27.9 Å². The number of carbonyl (C=O) groups excluding carboxylic acids is 2. The van der Waals surface area contributed by atoms with Gasteiger partial charge in [0.25, 0.3) is 0 Å². The van der Waals surface area contributed by atoms with E-state index in [1.165, 1.54) is 0 Å². The summed E-state index contributed by atoms with van der Waals surface area (Å²) >= 11 is 16.7. The maximum atomic E-state index is 11.6. The number of hydrogen-bond donors (Lipinski definition) is 2. The molecule has 1 heterocycles. The first-order valence-corrected chi connectivity index (χ1v) is 8.61. The van der Waals surface area contributed by atoms with Crippen LogP contribution < -0.4 is 15.4 Å². The summed E-state index contributed by atoms with van der Waals surface area (Å²) < 4.78 is 5.59. The van der Waals surface area contributed by atoms with Crippen molar-refractivity contribution in [2.24, 2.45) is 0 Å². The Morgan fingerprint density at radius 3 is 2.79 bits per heavy atom. The van der Waals surface area contributed by atoms with Gasteiger partial charge < -0.3 is 15.4 Å². The summed E-state index contributed by atoms with van der Waals surface area (Å²) in [5, 5.41) is 5.63. The van der Waals surface area contributed by atoms with Gasteiger partial charge in [0, 0.05) is 18.5 Å². The van der Waals surface area contributed by atoms with Crippen LogP contribution in [0.25, 0.3) is 0 Å². The molecular weight excluding hydrogens is 375 g/mol. The first kappa shape index (κ1) is 18.9. The SMILES string of the molecule is O=C(CCCOc1ccc2c(c1)CCC(=O)N2)NCC(Cl)=C(Cl)Cl. The molecule has 24 heavy (non-hydrogen) atoms. The molecule has 0 saturated heterocycles. The van der Waals surface area contributed by atoms with Crippen molar-refractivity contribution in [1.82, 2.24) is 5.32 Å². The van der Waals surface area contributed by atoms with Crippen molar-refractivity contribution in [2.75, 3.05) is 18.5 Å². The minimum absolute atomic E-state index is 0.0348. The van der Waals surface area contributed by atoms with Gasteiger partial charge in [-0.3, -0.25) is 9.59 Å². The van der Waals surface area contributed by atoms with Gasteiger partial charge >= 0.3 is 0 Å². The second-order valence-electron chi connectivity index (χ2n) is 5.26. The Hall–Kier alpha value is -1.43. The predicted molar refractivity (Wildman–Crippen MR) is 95.7 cm³/mol. The summed E-state index contributed by atoms with van der Waals surface area (Å²) in [6, 6.07) is 5.55. The van der Waals surface area contributed by atoms with Crippen molar-refractivity contribution < 1.29 is 14.3 Å². The summed E-state index contributed by atoms with van der Waals surface area (Å²) in [6.45, 7) is 0.526. The van der Waals surface area contributed by atoms with E-state index in [1.54, 1.807) is 6.07 Å². The molecule has 8 heteroatoms. The molecule has 1 aliphatic rings. The fraction of sp³-hybridized carbons (Fsp3) is 0.375. The number of aryl methyl sites for hydroxylation is 1. The molecule has 130 valence electrons. The minimum atomic E-state index is -0.153. The highest BCUT2D eigenvalue weighted by atomic mass is 35.5. The number of hydrogen-bond acceptors (Lipinski definition) is 3. The Bertz CT molecular complexity index is 658. The maximum absolute atomic E-state index is 11.6. The van der Waals surface area contributed by atoms with Gasteiger partial charge in [-0.15, -0.1) is 0 Å². The molecule has 1 aromatic rings. The van der Waals surface area contributed by atoms with Gasteiger partial charge in [-0.05, 0) is 36.6 Å². The highest BCUT2D eigenvalue weighted by Gasteiger charge is 2.15. The zero-order chi connectivity index (χ0) is 17.5. The second-order valence-corrected chi connectivity index (χ2v) is 6.67. The number of anilines is 1. The fourth-order valence-electron chi connectivity index (χ4n) is 2.20. The van der Waals surface area contributed by atoms with Crippen molar-refractivity contribution in [3.05, 3.63) is 33.3 Å². The van der Waals surface area contributed by atoms with Gasteiger partial charge in [0.05, 0.1) is 18.2 Å². The van der Waals surface area contributed by atoms with Crippen LogP contribution in [0.5, 0.6) is 5.75 Å². The van der Waals surface area contributed by atoms with Crippen LogP contribution >= 0.6 is 34.8 Å². The number of nitrogens with one attached hydrogen (secondary N) is 2. The highest BCUT2D eigenvalue weighted by molar-refractivity contribution is 6.59. The molecule has 5 nitrogen and oxygen atoms in total. The summed E-state index contributed by atoms with van der Waals surface area (Å²) in [5.41, 5.74) is 1.89. The average molecular weight is 392 g/mol. The van der Waals surface area contributed by atoms with Gasteiger partial charge in [-0.1, -0.05) is 34.8 Å². The third-order valence-corrected chi connectivity index (χ3v) is 4.41. The molecule has 0 saturated carbocycles. The molecule has 0 spiro atoms. The Labute approximate surface area is 155 Å². The lowest BCUT2D eigenvalue weighted by Gasteiger charge is -2.17. The average Bonchev–Trinajstić information content (AvgIpc) is 2.56. The third kappa shape index (κ3) is 5.89. The molecule has 1 aliphatic heterocycles. The number of benzene rings is 1. The quantitative estimate of drug-likeness (QED) is 0.696. The van der Waals surface area contributed by atoms with Crippen molar-refractivity contribution in [2.45, 2.75) is 25.7 Å². The summed E-state index contributed by atoms with van der Waals surface area (Å²) in [7, 11) is 0. The van der Waals surface area contributed by atoms with E-state index in [0.29, 0.717) is 32.3 Å². The summed E-state index contributed by atoms with van der Waals surface area (Å²) in [5.74, 6) is 0.609. The van der Waals surface area contributed by atoms with E-state index in [1.807, 2.05) is 12.1 Å². The molecule has 0 bridgehead atoms. The van der Waals surface area contributed by atoms with Gasteiger partial charge in [0.15, 0.2) is 0 Å². The van der Waals surface area contributed by atoms with Crippen molar-refractivity contribution in [3.63, 3.8) is 0 Å². The minimum Gasteiger partial charge on any atom is -0.494 e. The van der Waals surface area contributed by atoms with Gasteiger partial charge in [-0.2, -0.15) is 0 Å². The van der Waals surface area contributed by atoms with E-state index in [4.69, 9.17) is 39.5 Å². The molecule has 1 aromatic carbocycles. The van der Waals surface area contributed by atoms with Crippen LogP contribution in [0.4, 0.5) is 5.69 Å². The number of amides is 2. The number of halogens is 3. The molecule has 0 aliphatic carbocycles. The normalized spacial score (nSPS) is 12.9. The lowest BCUT2D eigenvalue weighted by Crippen LogP contribution is -2.24. The highest BCUT2D eigenvalue weighted by Crippen LogP contribution is 2.26. The standard InChI is InChI=1S/C16H17Cl3N2O3/c17-12(16(18)19)9-20-14(22)2-1-7-24-11-4-5-13-10(8-11)3-6-15(23)21-13/h4-5,8H,1-3,6-7,9H2,(H,20,22)(H,21,23). The van der Waals surface area contributed by atoms with Gasteiger partial charge in [0.2, 0.25) is 11.8 Å². The van der Waals surface area contributed by atoms with Crippen LogP contribution in [-0.4, -0.2) is 25.0 Å². The number of ether oxygens (including phenoxy) is 1. The molecule has 0 fully saturated rings. The molecule has 0 unspecified atom stereocenters. The molecule has 0 aromatic heterocycles. The lowest BCUT2D eigenvalue weighted by atomic mass is 10.0. The first-order valence-electron chi connectivity index (χ1n) is 7.47. The van der Waals surface area contributed by atoms with E-state index < -0.39 is 0 Å². The third-order valence-electron chi connectivity index (χ3n) is 3.43. The Morgan fingerprint density at radius 2 is 2.04 bits per heavy atom. The van der Waals surface area contributed by atoms with Crippen LogP contribution in [0.1, 0.15) is 24.8 Å². The van der Waals surface area contributed by atoms with Gasteiger partial charge in [0.1, 0.15) is 10.2 Å². The molecular formula is C16H17Cl3N2O3. The number of fused-ring (bicyclic) bond motifs is 1. The summed E-state index contributed by atoms with van der Waals surface area (Å²) in [4.78, 5) is 22.9. The topological polar surface area (TPSA) is 67.4 Å².